The predicted molar refractivity (Wildman–Crippen MR) is 134 cm³/mol. The molecule has 4 aromatic carbocycles. The molecule has 0 bridgehead atoms. The largest absolute Gasteiger partial charge is 0.495 e. The van der Waals surface area contributed by atoms with Gasteiger partial charge >= 0.3 is 0 Å². The molecule has 4 aromatic rings. The molecule has 0 spiro atoms. The highest BCUT2D eigenvalue weighted by Crippen LogP contribution is 2.26. The topological polar surface area (TPSA) is 84.5 Å². The molecule has 0 fully saturated rings. The lowest BCUT2D eigenvalue weighted by Gasteiger charge is -2.13. The van der Waals surface area contributed by atoms with E-state index in [9.17, 15) is 13.2 Å². The Morgan fingerprint density at radius 3 is 2.09 bits per heavy atom. The van der Waals surface area contributed by atoms with Crippen LogP contribution >= 0.6 is 0 Å². The first kappa shape index (κ1) is 23.1. The summed E-state index contributed by atoms with van der Waals surface area (Å²) < 4.78 is 33.3. The van der Waals surface area contributed by atoms with Crippen molar-refractivity contribution in [2.24, 2.45) is 0 Å². The normalized spacial score (nSPS) is 11.0. The van der Waals surface area contributed by atoms with E-state index in [4.69, 9.17) is 4.74 Å². The lowest BCUT2D eigenvalue weighted by molar-refractivity contribution is 0.102. The maximum Gasteiger partial charge on any atom is 0.262 e. The van der Waals surface area contributed by atoms with Crippen LogP contribution in [-0.2, 0) is 16.4 Å². The quantitative estimate of drug-likeness (QED) is 0.363. The summed E-state index contributed by atoms with van der Waals surface area (Å²) in [5, 5.41) is 2.94. The van der Waals surface area contributed by atoms with Crippen LogP contribution in [0.2, 0.25) is 0 Å². The fourth-order valence-electron chi connectivity index (χ4n) is 3.52. The number of rotatable bonds is 8. The van der Waals surface area contributed by atoms with Gasteiger partial charge in [0.1, 0.15) is 5.75 Å². The lowest BCUT2D eigenvalue weighted by Crippen LogP contribution is -2.15. The number of methoxy groups -OCH3 is 1. The van der Waals surface area contributed by atoms with Crippen molar-refractivity contribution in [2.75, 3.05) is 17.1 Å². The van der Waals surface area contributed by atoms with Crippen molar-refractivity contribution in [3.8, 4) is 5.75 Å². The number of nitrogens with one attached hydrogen (secondary N) is 2. The molecule has 0 atom stereocenters. The van der Waals surface area contributed by atoms with Gasteiger partial charge in [-0.1, -0.05) is 60.7 Å². The van der Waals surface area contributed by atoms with E-state index in [2.05, 4.69) is 10.0 Å². The number of hydrogen-bond donors (Lipinski definition) is 2. The van der Waals surface area contributed by atoms with Gasteiger partial charge in [-0.05, 0) is 60.0 Å². The zero-order chi connectivity index (χ0) is 24.0. The Bertz CT molecular complexity index is 1390. The van der Waals surface area contributed by atoms with Gasteiger partial charge in [0, 0.05) is 11.3 Å². The number of carbonyl (C=O) groups is 1. The maximum atomic E-state index is 12.9. The number of para-hydroxylation sites is 3. The Morgan fingerprint density at radius 1 is 0.765 bits per heavy atom. The average Bonchev–Trinajstić information content (AvgIpc) is 2.86. The van der Waals surface area contributed by atoms with Crippen LogP contribution in [0, 0.1) is 0 Å². The van der Waals surface area contributed by atoms with Gasteiger partial charge in [-0.2, -0.15) is 0 Å². The third-order valence-electron chi connectivity index (χ3n) is 5.28. The average molecular weight is 473 g/mol. The van der Waals surface area contributed by atoms with Crippen LogP contribution < -0.4 is 14.8 Å². The highest BCUT2D eigenvalue weighted by atomic mass is 32.2. The van der Waals surface area contributed by atoms with Crippen molar-refractivity contribution in [2.45, 2.75) is 11.3 Å². The Labute approximate surface area is 199 Å². The summed E-state index contributed by atoms with van der Waals surface area (Å²) in [6.07, 6.45) is 0.684. The molecular weight excluding hydrogens is 448 g/mol. The molecule has 0 aliphatic heterocycles. The van der Waals surface area contributed by atoms with Gasteiger partial charge in [-0.25, -0.2) is 8.42 Å². The molecule has 0 unspecified atom stereocenters. The van der Waals surface area contributed by atoms with Crippen LogP contribution in [0.5, 0.6) is 5.75 Å². The summed E-state index contributed by atoms with van der Waals surface area (Å²) in [4.78, 5) is 12.9. The molecular formula is C27H24N2O4S. The number of benzene rings is 4. The Morgan fingerprint density at radius 2 is 1.38 bits per heavy atom. The molecule has 172 valence electrons. The van der Waals surface area contributed by atoms with Crippen molar-refractivity contribution in [1.29, 1.82) is 0 Å². The number of hydrogen-bond acceptors (Lipinski definition) is 4. The van der Waals surface area contributed by atoms with Gasteiger partial charge in [-0.3, -0.25) is 9.52 Å². The van der Waals surface area contributed by atoms with E-state index >= 15 is 0 Å². The predicted octanol–water partition coefficient (Wildman–Crippen LogP) is 5.34. The molecule has 7 heteroatoms. The van der Waals surface area contributed by atoms with E-state index in [-0.39, 0.29) is 10.8 Å². The van der Waals surface area contributed by atoms with Crippen molar-refractivity contribution >= 4 is 27.3 Å². The van der Waals surface area contributed by atoms with Gasteiger partial charge in [0.25, 0.3) is 15.9 Å². The van der Waals surface area contributed by atoms with Crippen LogP contribution in [0.15, 0.2) is 108 Å². The van der Waals surface area contributed by atoms with Crippen LogP contribution in [0.3, 0.4) is 0 Å². The molecule has 1 amide bonds. The van der Waals surface area contributed by atoms with Crippen molar-refractivity contribution in [3.63, 3.8) is 0 Å². The monoisotopic (exact) mass is 472 g/mol. The molecule has 0 saturated carbocycles. The summed E-state index contributed by atoms with van der Waals surface area (Å²) in [5.74, 6) is 0.0957. The number of ether oxygens (including phenoxy) is 1. The maximum absolute atomic E-state index is 12.9. The van der Waals surface area contributed by atoms with E-state index < -0.39 is 10.0 Å². The van der Waals surface area contributed by atoms with Gasteiger partial charge in [0.05, 0.1) is 17.7 Å². The SMILES string of the molecule is COc1ccccc1NS(=O)(=O)c1ccc(C(=O)Nc2ccccc2Cc2ccccc2)cc1. The van der Waals surface area contributed by atoms with Crippen molar-refractivity contribution in [3.05, 3.63) is 120 Å². The van der Waals surface area contributed by atoms with E-state index in [0.717, 1.165) is 11.1 Å². The highest BCUT2D eigenvalue weighted by Gasteiger charge is 2.17. The Hall–Kier alpha value is -4.10. The molecule has 6 nitrogen and oxygen atoms in total. The molecule has 2 N–H and O–H groups in total. The molecule has 0 aliphatic carbocycles. The van der Waals surface area contributed by atoms with Crippen LogP contribution in [0.1, 0.15) is 21.5 Å². The van der Waals surface area contributed by atoms with Gasteiger partial charge < -0.3 is 10.1 Å². The third kappa shape index (κ3) is 5.44. The summed E-state index contributed by atoms with van der Waals surface area (Å²) in [6, 6.07) is 30.2. The number of carbonyl (C=O) groups excluding carboxylic acids is 1. The number of anilines is 2. The Kier molecular flexibility index (Phi) is 6.94. The molecule has 0 aliphatic rings. The van der Waals surface area contributed by atoms with E-state index in [1.54, 1.807) is 24.3 Å². The lowest BCUT2D eigenvalue weighted by atomic mass is 10.0. The number of amides is 1. The summed E-state index contributed by atoms with van der Waals surface area (Å²) >= 11 is 0. The summed E-state index contributed by atoms with van der Waals surface area (Å²) in [5.41, 5.74) is 3.53. The minimum atomic E-state index is -3.85. The Balaban J connectivity index is 1.49. The molecule has 4 rings (SSSR count). The zero-order valence-electron chi connectivity index (χ0n) is 18.6. The summed E-state index contributed by atoms with van der Waals surface area (Å²) in [6.45, 7) is 0. The number of sulfonamides is 1. The first-order chi connectivity index (χ1) is 16.5. The van der Waals surface area contributed by atoms with E-state index in [0.29, 0.717) is 29.1 Å². The second-order valence-corrected chi connectivity index (χ2v) is 9.29. The second-order valence-electron chi connectivity index (χ2n) is 7.60. The van der Waals surface area contributed by atoms with Crippen LogP contribution in [0.4, 0.5) is 11.4 Å². The molecule has 34 heavy (non-hydrogen) atoms. The van der Waals surface area contributed by atoms with Crippen molar-refractivity contribution < 1.29 is 17.9 Å². The molecule has 0 saturated heterocycles. The third-order valence-corrected chi connectivity index (χ3v) is 6.66. The van der Waals surface area contributed by atoms with Crippen LogP contribution in [0.25, 0.3) is 0 Å². The minimum Gasteiger partial charge on any atom is -0.495 e. The van der Waals surface area contributed by atoms with Crippen LogP contribution in [-0.4, -0.2) is 21.4 Å². The fourth-order valence-corrected chi connectivity index (χ4v) is 4.60. The van der Waals surface area contributed by atoms with E-state index in [1.807, 2.05) is 54.6 Å². The smallest absolute Gasteiger partial charge is 0.262 e. The second kappa shape index (κ2) is 10.2. The standard InChI is InChI=1S/C27H24N2O4S/c1-33-26-14-8-7-13-25(26)29-34(31,32)23-17-15-21(16-18-23)27(30)28-24-12-6-5-11-22(24)19-20-9-3-2-4-10-20/h2-18,29H,19H2,1H3,(H,28,30). The fraction of sp³-hybridized carbons (Fsp3) is 0.0741. The minimum absolute atomic E-state index is 0.0411. The van der Waals surface area contributed by atoms with Crippen molar-refractivity contribution in [1.82, 2.24) is 0 Å². The zero-order valence-corrected chi connectivity index (χ0v) is 19.4. The molecule has 0 radical (unpaired) electrons. The highest BCUT2D eigenvalue weighted by molar-refractivity contribution is 7.92. The first-order valence-corrected chi connectivity index (χ1v) is 12.1. The first-order valence-electron chi connectivity index (χ1n) is 10.7. The molecule has 0 aromatic heterocycles. The van der Waals surface area contributed by atoms with E-state index in [1.165, 1.54) is 31.4 Å². The van der Waals surface area contributed by atoms with Gasteiger partial charge in [0.2, 0.25) is 0 Å². The van der Waals surface area contributed by atoms with Gasteiger partial charge in [0.15, 0.2) is 0 Å². The van der Waals surface area contributed by atoms with Gasteiger partial charge in [-0.15, -0.1) is 0 Å². The summed E-state index contributed by atoms with van der Waals surface area (Å²) in [7, 11) is -2.38. The molecule has 0 heterocycles.